The van der Waals surface area contributed by atoms with Crippen molar-refractivity contribution in [1.82, 2.24) is 9.29 Å². The molecule has 2 atom stereocenters. The van der Waals surface area contributed by atoms with Gasteiger partial charge in [0.25, 0.3) is 0 Å². The van der Waals surface area contributed by atoms with E-state index in [9.17, 15) is 43.7 Å². The van der Waals surface area contributed by atoms with Gasteiger partial charge >= 0.3 is 18.5 Å². The molecule has 214 valence electrons. The number of aromatic nitrogens is 1. The van der Waals surface area contributed by atoms with Gasteiger partial charge in [0.15, 0.2) is 0 Å². The first kappa shape index (κ1) is 29.4. The maximum absolute atomic E-state index is 14.2. The summed E-state index contributed by atoms with van der Waals surface area (Å²) in [5.74, 6) is 0. The van der Waals surface area contributed by atoms with Crippen LogP contribution in [0.3, 0.4) is 0 Å². The minimum Gasteiger partial charge on any atom is -0.346 e. The zero-order valence-electron chi connectivity index (χ0n) is 21.0. The molecule has 0 amide bonds. The highest BCUT2D eigenvalue weighted by Gasteiger charge is 2.63. The summed E-state index contributed by atoms with van der Waals surface area (Å²) in [4.78, 5) is 0. The Hall–Kier alpha value is -2.54. The molecule has 2 aromatic carbocycles. The number of alkyl halides is 9. The molecular formula is C26H25F9N2OS. The summed E-state index contributed by atoms with van der Waals surface area (Å²) >= 11 is 0. The standard InChI is InChI=1S/C26H25F9N2OS/c1-22(2,3)39(38)36-21(25(30,31)32)18-13-37(14-23(10-11-23)26(33,34)35)20-12-15(8-9-17(18)20)16-6-4-5-7-19(16)24(27,28)29/h4-9,12-13,21,36H,10-11,14H2,1-3H3/t21-,39?/m0/s1. The molecule has 1 fully saturated rings. The van der Waals surface area contributed by atoms with Crippen LogP contribution in [0.2, 0.25) is 0 Å². The van der Waals surface area contributed by atoms with E-state index in [1.165, 1.54) is 51.1 Å². The van der Waals surface area contributed by atoms with E-state index >= 15 is 0 Å². The maximum Gasteiger partial charge on any atom is 0.417 e. The van der Waals surface area contributed by atoms with Gasteiger partial charge in [-0.05, 0) is 56.9 Å². The molecule has 1 N–H and O–H groups in total. The number of hydrogen-bond donors (Lipinski definition) is 1. The molecule has 13 heteroatoms. The minimum absolute atomic E-state index is 0.0204. The molecule has 0 saturated heterocycles. The lowest BCUT2D eigenvalue weighted by Gasteiger charge is -2.26. The van der Waals surface area contributed by atoms with Crippen LogP contribution in [0.25, 0.3) is 22.0 Å². The highest BCUT2D eigenvalue weighted by molar-refractivity contribution is 7.84. The van der Waals surface area contributed by atoms with Gasteiger partial charge in [0, 0.05) is 29.2 Å². The highest BCUT2D eigenvalue weighted by Crippen LogP contribution is 2.59. The van der Waals surface area contributed by atoms with Crippen LogP contribution in [-0.4, -0.2) is 25.9 Å². The monoisotopic (exact) mass is 584 g/mol. The van der Waals surface area contributed by atoms with Crippen LogP contribution in [0.15, 0.2) is 48.7 Å². The van der Waals surface area contributed by atoms with Gasteiger partial charge < -0.3 is 4.57 Å². The van der Waals surface area contributed by atoms with E-state index in [2.05, 4.69) is 4.72 Å². The van der Waals surface area contributed by atoms with Crippen LogP contribution in [0.4, 0.5) is 39.5 Å². The van der Waals surface area contributed by atoms with E-state index in [4.69, 9.17) is 0 Å². The van der Waals surface area contributed by atoms with Gasteiger partial charge in [0.05, 0.1) is 26.7 Å². The molecule has 4 rings (SSSR count). The topological polar surface area (TPSA) is 34.0 Å². The van der Waals surface area contributed by atoms with Gasteiger partial charge in [-0.25, -0.2) is 8.93 Å². The molecule has 39 heavy (non-hydrogen) atoms. The Morgan fingerprint density at radius 1 is 0.949 bits per heavy atom. The van der Waals surface area contributed by atoms with Crippen LogP contribution in [-0.2, 0) is 23.7 Å². The van der Waals surface area contributed by atoms with Crippen molar-refractivity contribution in [1.29, 1.82) is 0 Å². The second kappa shape index (κ2) is 9.53. The second-order valence-corrected chi connectivity index (χ2v) is 12.7. The molecular weight excluding hydrogens is 559 g/mol. The van der Waals surface area contributed by atoms with Crippen molar-refractivity contribution in [3.05, 3.63) is 59.8 Å². The minimum atomic E-state index is -4.98. The summed E-state index contributed by atoms with van der Waals surface area (Å²) in [5, 5.41) is -0.109. The summed E-state index contributed by atoms with van der Waals surface area (Å²) in [6.07, 6.45) is -13.9. The Morgan fingerprint density at radius 3 is 2.08 bits per heavy atom. The SMILES string of the molecule is CC(C)(C)S(=O)N[C@@H](c1cn(CC2(C(F)(F)F)CC2)c2cc(-c3ccccc3C(F)(F)F)ccc12)C(F)(F)F. The smallest absolute Gasteiger partial charge is 0.346 e. The van der Waals surface area contributed by atoms with Crippen LogP contribution in [0.1, 0.15) is 50.8 Å². The van der Waals surface area contributed by atoms with Crippen LogP contribution in [0.5, 0.6) is 0 Å². The average Bonchev–Trinajstić information content (AvgIpc) is 3.51. The summed E-state index contributed by atoms with van der Waals surface area (Å²) in [5.41, 5.74) is -3.99. The first-order chi connectivity index (χ1) is 17.7. The zero-order valence-corrected chi connectivity index (χ0v) is 21.8. The van der Waals surface area contributed by atoms with E-state index in [0.29, 0.717) is 0 Å². The fraction of sp³-hybridized carbons (Fsp3) is 0.462. The quantitative estimate of drug-likeness (QED) is 0.291. The van der Waals surface area contributed by atoms with E-state index < -0.39 is 63.4 Å². The largest absolute Gasteiger partial charge is 0.417 e. The average molecular weight is 585 g/mol. The normalized spacial score (nSPS) is 17.8. The van der Waals surface area contributed by atoms with E-state index in [1.54, 1.807) is 0 Å². The van der Waals surface area contributed by atoms with Gasteiger partial charge in [-0.3, -0.25) is 0 Å². The maximum atomic E-state index is 14.2. The predicted octanol–water partition coefficient (Wildman–Crippen LogP) is 8.32. The Bertz CT molecular complexity index is 1390. The van der Waals surface area contributed by atoms with Crippen molar-refractivity contribution in [3.63, 3.8) is 0 Å². The number of rotatable bonds is 6. The van der Waals surface area contributed by atoms with E-state index in [-0.39, 0.29) is 34.9 Å². The predicted molar refractivity (Wildman–Crippen MR) is 130 cm³/mol. The van der Waals surface area contributed by atoms with Crippen molar-refractivity contribution in [2.75, 3.05) is 0 Å². The van der Waals surface area contributed by atoms with Crippen molar-refractivity contribution in [2.24, 2.45) is 5.41 Å². The van der Waals surface area contributed by atoms with Crippen molar-refractivity contribution < 1.29 is 43.7 Å². The van der Waals surface area contributed by atoms with Gasteiger partial charge in [0.2, 0.25) is 0 Å². The fourth-order valence-electron chi connectivity index (χ4n) is 4.43. The Balaban J connectivity index is 1.93. The molecule has 3 nitrogen and oxygen atoms in total. The number of fused-ring (bicyclic) bond motifs is 1. The molecule has 0 radical (unpaired) electrons. The fourth-order valence-corrected chi connectivity index (χ4v) is 5.26. The third-order valence-corrected chi connectivity index (χ3v) is 8.37. The molecule has 1 aromatic heterocycles. The number of halogens is 9. The molecule has 1 aliphatic rings. The van der Waals surface area contributed by atoms with Gasteiger partial charge in [0.1, 0.15) is 6.04 Å². The second-order valence-electron chi connectivity index (χ2n) is 10.7. The highest BCUT2D eigenvalue weighted by atomic mass is 32.2. The molecule has 0 aliphatic heterocycles. The number of nitrogens with one attached hydrogen (secondary N) is 1. The van der Waals surface area contributed by atoms with E-state index in [0.717, 1.165) is 22.9 Å². The van der Waals surface area contributed by atoms with Gasteiger partial charge in [-0.2, -0.15) is 39.5 Å². The number of hydrogen-bond acceptors (Lipinski definition) is 1. The first-order valence-electron chi connectivity index (χ1n) is 11.9. The Labute approximate surface area is 221 Å². The van der Waals surface area contributed by atoms with Crippen molar-refractivity contribution in [3.8, 4) is 11.1 Å². The molecule has 1 aliphatic carbocycles. The Kier molecular flexibility index (Phi) is 7.20. The lowest BCUT2D eigenvalue weighted by Crippen LogP contribution is -2.41. The summed E-state index contributed by atoms with van der Waals surface area (Å²) in [6, 6.07) is 5.60. The van der Waals surface area contributed by atoms with Gasteiger partial charge in [-0.1, -0.05) is 30.3 Å². The molecule has 1 saturated carbocycles. The third kappa shape index (κ3) is 5.84. The van der Waals surface area contributed by atoms with Crippen molar-refractivity contribution in [2.45, 2.75) is 69.5 Å². The molecule has 3 aromatic rings. The summed E-state index contributed by atoms with van der Waals surface area (Å²) < 4.78 is 140. The number of benzene rings is 2. The lowest BCUT2D eigenvalue weighted by molar-refractivity contribution is -0.190. The molecule has 1 heterocycles. The van der Waals surface area contributed by atoms with E-state index in [1.807, 2.05) is 0 Å². The summed E-state index contributed by atoms with van der Waals surface area (Å²) in [6.45, 7) is 3.66. The van der Waals surface area contributed by atoms with Gasteiger partial charge in [-0.15, -0.1) is 0 Å². The zero-order chi connectivity index (χ0) is 29.2. The summed E-state index contributed by atoms with van der Waals surface area (Å²) in [7, 11) is -2.20. The molecule has 0 bridgehead atoms. The lowest BCUT2D eigenvalue weighted by atomic mass is 9.97. The Morgan fingerprint density at radius 2 is 1.56 bits per heavy atom. The van der Waals surface area contributed by atoms with Crippen LogP contribution >= 0.6 is 0 Å². The molecule has 0 spiro atoms. The van der Waals surface area contributed by atoms with Crippen LogP contribution < -0.4 is 4.72 Å². The molecule has 1 unspecified atom stereocenters. The van der Waals surface area contributed by atoms with Crippen LogP contribution in [0, 0.1) is 5.41 Å². The first-order valence-corrected chi connectivity index (χ1v) is 13.0. The van der Waals surface area contributed by atoms with Crippen molar-refractivity contribution >= 4 is 21.9 Å². The number of nitrogens with zero attached hydrogens (tertiary/aromatic N) is 1. The third-order valence-electron chi connectivity index (χ3n) is 6.80.